The van der Waals surface area contributed by atoms with Crippen molar-refractivity contribution in [1.82, 2.24) is 30.1 Å². The number of piperidine rings is 1. The van der Waals surface area contributed by atoms with Crippen LogP contribution >= 0.6 is 11.3 Å². The molecule has 1 aliphatic heterocycles. The van der Waals surface area contributed by atoms with Gasteiger partial charge in [0.05, 0.1) is 18.5 Å². The number of aryl methyl sites for hydroxylation is 1. The highest BCUT2D eigenvalue weighted by Crippen LogP contribution is 2.33. The summed E-state index contributed by atoms with van der Waals surface area (Å²) in [6, 6.07) is 7.86. The monoisotopic (exact) mass is 590 g/mol. The number of benzene rings is 1. The highest BCUT2D eigenvalue weighted by atomic mass is 32.1. The van der Waals surface area contributed by atoms with E-state index in [0.717, 1.165) is 46.7 Å². The lowest BCUT2D eigenvalue weighted by atomic mass is 10.0. The summed E-state index contributed by atoms with van der Waals surface area (Å²) < 4.78 is 5.52. The fourth-order valence-corrected chi connectivity index (χ4v) is 5.78. The number of thiazole rings is 1. The number of likely N-dealkylation sites (tertiary alicyclic amines) is 1. The summed E-state index contributed by atoms with van der Waals surface area (Å²) in [6.07, 6.45) is 8.38. The number of hydrogen-bond acceptors (Lipinski definition) is 8. The number of carbonyl (C=O) groups is 3. The molecule has 1 saturated heterocycles. The molecule has 5 rings (SSSR count). The van der Waals surface area contributed by atoms with Gasteiger partial charge in [-0.25, -0.2) is 19.7 Å². The molecule has 0 spiro atoms. The molecule has 3 aromatic rings. The van der Waals surface area contributed by atoms with Gasteiger partial charge in [-0.2, -0.15) is 0 Å². The third-order valence-electron chi connectivity index (χ3n) is 7.27. The average molecular weight is 591 g/mol. The first-order valence-electron chi connectivity index (χ1n) is 14.5. The summed E-state index contributed by atoms with van der Waals surface area (Å²) in [6.45, 7) is 9.13. The second-order valence-electron chi connectivity index (χ2n) is 12.0. The lowest BCUT2D eigenvalue weighted by molar-refractivity contribution is -0.120. The average Bonchev–Trinajstić information content (AvgIpc) is 3.71. The number of hydrogen-bond donors (Lipinski definition) is 1. The Labute approximate surface area is 250 Å². The predicted molar refractivity (Wildman–Crippen MR) is 160 cm³/mol. The van der Waals surface area contributed by atoms with E-state index in [-0.39, 0.29) is 36.4 Å². The maximum absolute atomic E-state index is 13.6. The molecule has 0 atom stereocenters. The van der Waals surface area contributed by atoms with E-state index in [4.69, 9.17) is 4.74 Å². The molecular weight excluding hydrogens is 552 g/mol. The molecule has 42 heavy (non-hydrogen) atoms. The predicted octanol–water partition coefficient (Wildman–Crippen LogP) is 4.77. The van der Waals surface area contributed by atoms with Gasteiger partial charge in [-0.15, -0.1) is 11.3 Å². The van der Waals surface area contributed by atoms with Crippen LogP contribution in [-0.4, -0.2) is 73.4 Å². The minimum atomic E-state index is -0.531. The fraction of sp³-hybridized carbons (Fsp3) is 0.484. The summed E-state index contributed by atoms with van der Waals surface area (Å²) in [5, 5.41) is 3.80. The highest BCUT2D eigenvalue weighted by Gasteiger charge is 2.40. The maximum Gasteiger partial charge on any atom is 0.410 e. The van der Waals surface area contributed by atoms with Gasteiger partial charge in [-0.05, 0) is 58.9 Å². The van der Waals surface area contributed by atoms with E-state index in [9.17, 15) is 14.4 Å². The zero-order valence-corrected chi connectivity index (χ0v) is 25.4. The fourth-order valence-electron chi connectivity index (χ4n) is 5.05. The molecule has 2 aromatic heterocycles. The molecule has 11 heteroatoms. The van der Waals surface area contributed by atoms with Crippen LogP contribution in [0.15, 0.2) is 42.9 Å². The largest absolute Gasteiger partial charge is 0.444 e. The van der Waals surface area contributed by atoms with Gasteiger partial charge in [0.15, 0.2) is 5.82 Å². The van der Waals surface area contributed by atoms with E-state index in [1.807, 2.05) is 56.9 Å². The topological polar surface area (TPSA) is 118 Å². The van der Waals surface area contributed by atoms with Crippen molar-refractivity contribution >= 4 is 29.2 Å². The summed E-state index contributed by atoms with van der Waals surface area (Å²) in [7, 11) is 0. The Kier molecular flexibility index (Phi) is 8.86. The standard InChI is InChI=1S/C31H38N6O4S/c1-20-16-33-27(42-20)19-32-26(38)15-21-5-7-22(8-6-21)28-34-17-23(18-35-28)29(39)37(24-9-10-24)25-11-13-36(14-12-25)30(40)41-31(2,3)4/h5-8,16-18,24-25H,9-15,19H2,1-4H3,(H,32,38). The molecular formula is C31H38N6O4S. The van der Waals surface area contributed by atoms with Crippen LogP contribution in [0.25, 0.3) is 11.4 Å². The van der Waals surface area contributed by atoms with Crippen molar-refractivity contribution in [2.45, 2.75) is 84.0 Å². The molecule has 1 N–H and O–H groups in total. The van der Waals surface area contributed by atoms with Gasteiger partial charge < -0.3 is 19.9 Å². The quantitative estimate of drug-likeness (QED) is 0.402. The Balaban J connectivity index is 1.16. The minimum absolute atomic E-state index is 0.0611. The van der Waals surface area contributed by atoms with Crippen LogP contribution in [0.3, 0.4) is 0 Å². The molecule has 1 saturated carbocycles. The van der Waals surface area contributed by atoms with E-state index in [0.29, 0.717) is 31.0 Å². The molecule has 0 unspecified atom stereocenters. The number of amides is 3. The van der Waals surface area contributed by atoms with Gasteiger partial charge in [-0.3, -0.25) is 9.59 Å². The van der Waals surface area contributed by atoms with Crippen LogP contribution in [0.1, 0.15) is 72.3 Å². The summed E-state index contributed by atoms with van der Waals surface area (Å²) in [5.74, 6) is 0.393. The Hall–Kier alpha value is -3.86. The Bertz CT molecular complexity index is 1400. The first-order chi connectivity index (χ1) is 20.1. The van der Waals surface area contributed by atoms with E-state index in [1.54, 1.807) is 34.8 Å². The summed E-state index contributed by atoms with van der Waals surface area (Å²) >= 11 is 1.57. The van der Waals surface area contributed by atoms with Gasteiger partial charge in [0.2, 0.25) is 5.91 Å². The van der Waals surface area contributed by atoms with Gasteiger partial charge in [-0.1, -0.05) is 24.3 Å². The molecule has 3 heterocycles. The second-order valence-corrected chi connectivity index (χ2v) is 13.3. The first kappa shape index (κ1) is 29.6. The van der Waals surface area contributed by atoms with E-state index in [2.05, 4.69) is 20.3 Å². The van der Waals surface area contributed by atoms with Crippen LogP contribution in [0.4, 0.5) is 4.79 Å². The molecule has 0 bridgehead atoms. The van der Waals surface area contributed by atoms with Gasteiger partial charge in [0.25, 0.3) is 5.91 Å². The van der Waals surface area contributed by atoms with Crippen LogP contribution < -0.4 is 5.32 Å². The lowest BCUT2D eigenvalue weighted by Crippen LogP contribution is -2.50. The molecule has 222 valence electrons. The van der Waals surface area contributed by atoms with Crippen molar-refractivity contribution < 1.29 is 19.1 Å². The smallest absolute Gasteiger partial charge is 0.410 e. The Morgan fingerprint density at radius 3 is 2.19 bits per heavy atom. The van der Waals surface area contributed by atoms with Crippen molar-refractivity contribution in [3.8, 4) is 11.4 Å². The summed E-state index contributed by atoms with van der Waals surface area (Å²) in [4.78, 5) is 56.5. The van der Waals surface area contributed by atoms with Crippen molar-refractivity contribution in [3.05, 3.63) is 63.9 Å². The van der Waals surface area contributed by atoms with Crippen LogP contribution in [-0.2, 0) is 22.5 Å². The molecule has 0 radical (unpaired) electrons. The number of ether oxygens (including phenoxy) is 1. The molecule has 2 fully saturated rings. The van der Waals surface area contributed by atoms with Crippen molar-refractivity contribution in [3.63, 3.8) is 0 Å². The number of aromatic nitrogens is 3. The van der Waals surface area contributed by atoms with Crippen molar-refractivity contribution in [1.29, 1.82) is 0 Å². The van der Waals surface area contributed by atoms with Gasteiger partial charge in [0, 0.05) is 54.2 Å². The maximum atomic E-state index is 13.6. The Morgan fingerprint density at radius 1 is 0.976 bits per heavy atom. The minimum Gasteiger partial charge on any atom is -0.444 e. The zero-order chi connectivity index (χ0) is 29.9. The van der Waals surface area contributed by atoms with E-state index < -0.39 is 5.60 Å². The molecule has 10 nitrogen and oxygen atoms in total. The third-order valence-corrected chi connectivity index (χ3v) is 8.18. The number of carbonyl (C=O) groups excluding carboxylic acids is 3. The van der Waals surface area contributed by atoms with E-state index >= 15 is 0 Å². The van der Waals surface area contributed by atoms with Crippen LogP contribution in [0.5, 0.6) is 0 Å². The zero-order valence-electron chi connectivity index (χ0n) is 24.6. The van der Waals surface area contributed by atoms with Crippen LogP contribution in [0, 0.1) is 6.92 Å². The third kappa shape index (κ3) is 7.70. The van der Waals surface area contributed by atoms with Gasteiger partial charge >= 0.3 is 6.09 Å². The number of rotatable bonds is 8. The molecule has 1 aliphatic carbocycles. The Morgan fingerprint density at radius 2 is 1.62 bits per heavy atom. The SMILES string of the molecule is Cc1cnc(CNC(=O)Cc2ccc(-c3ncc(C(=O)N(C4CC4)C4CCN(C(=O)OC(C)(C)C)CC4)cn3)cc2)s1. The summed E-state index contributed by atoms with van der Waals surface area (Å²) in [5.41, 5.74) is 1.63. The van der Waals surface area contributed by atoms with Gasteiger partial charge in [0.1, 0.15) is 10.6 Å². The number of nitrogens with one attached hydrogen (secondary N) is 1. The van der Waals surface area contributed by atoms with Crippen LogP contribution in [0.2, 0.25) is 0 Å². The number of nitrogens with zero attached hydrogens (tertiary/aromatic N) is 5. The lowest BCUT2D eigenvalue weighted by Gasteiger charge is -2.39. The van der Waals surface area contributed by atoms with Crippen molar-refractivity contribution in [2.75, 3.05) is 13.1 Å². The first-order valence-corrected chi connectivity index (χ1v) is 15.3. The highest BCUT2D eigenvalue weighted by molar-refractivity contribution is 7.11. The second kappa shape index (κ2) is 12.6. The normalized spacial score (nSPS) is 15.8. The molecule has 3 amide bonds. The molecule has 1 aromatic carbocycles. The van der Waals surface area contributed by atoms with E-state index in [1.165, 1.54) is 0 Å². The molecule has 2 aliphatic rings. The van der Waals surface area contributed by atoms with Crippen molar-refractivity contribution in [2.24, 2.45) is 0 Å².